The summed E-state index contributed by atoms with van der Waals surface area (Å²) in [5, 5.41) is 11.4. The Labute approximate surface area is 114 Å². The summed E-state index contributed by atoms with van der Waals surface area (Å²) in [5.74, 6) is -0.688. The maximum Gasteiger partial charge on any atom is 0.407 e. The highest BCUT2D eigenvalue weighted by atomic mass is 16.6. The molecule has 0 aromatic carbocycles. The van der Waals surface area contributed by atoms with Crippen LogP contribution in [0.5, 0.6) is 0 Å². The second-order valence-electron chi connectivity index (χ2n) is 6.14. The molecule has 6 nitrogen and oxygen atoms in total. The van der Waals surface area contributed by atoms with Crippen molar-refractivity contribution in [3.8, 4) is 0 Å². The third kappa shape index (κ3) is 9.30. The number of carboxylic acid groups (broad SMARTS) is 1. The highest BCUT2D eigenvalue weighted by molar-refractivity contribution is 5.69. The van der Waals surface area contributed by atoms with E-state index in [1.165, 1.54) is 0 Å². The fourth-order valence-corrected chi connectivity index (χ4v) is 1.65. The first-order chi connectivity index (χ1) is 8.51. The molecular formula is C13H26N2O4. The number of nitrogens with two attached hydrogens (primary N) is 1. The van der Waals surface area contributed by atoms with Gasteiger partial charge in [-0.25, -0.2) is 4.79 Å². The molecule has 19 heavy (non-hydrogen) atoms. The van der Waals surface area contributed by atoms with Crippen LogP contribution in [0.25, 0.3) is 0 Å². The number of carboxylic acids is 1. The van der Waals surface area contributed by atoms with Crippen molar-refractivity contribution in [3.05, 3.63) is 0 Å². The van der Waals surface area contributed by atoms with Crippen LogP contribution < -0.4 is 11.1 Å². The Balaban J connectivity index is 4.58. The van der Waals surface area contributed by atoms with Crippen LogP contribution in [-0.4, -0.2) is 34.9 Å². The number of ether oxygens (including phenoxy) is 1. The zero-order valence-corrected chi connectivity index (χ0v) is 12.4. The lowest BCUT2D eigenvalue weighted by Crippen LogP contribution is -2.50. The molecule has 0 unspecified atom stereocenters. The summed E-state index contributed by atoms with van der Waals surface area (Å²) < 4.78 is 5.15. The van der Waals surface area contributed by atoms with Gasteiger partial charge in [0, 0.05) is 12.1 Å². The second-order valence-corrected chi connectivity index (χ2v) is 6.14. The zero-order chi connectivity index (χ0) is 15.2. The largest absolute Gasteiger partial charge is 0.481 e. The van der Waals surface area contributed by atoms with Gasteiger partial charge in [-0.2, -0.15) is 0 Å². The molecule has 0 saturated carbocycles. The SMILES string of the molecule is CC(C)C[C@H](NC(=O)OC(C)(C)C)[C@@H](N)CC(=O)O. The van der Waals surface area contributed by atoms with E-state index < -0.39 is 29.7 Å². The van der Waals surface area contributed by atoms with Crippen LogP contribution in [-0.2, 0) is 9.53 Å². The van der Waals surface area contributed by atoms with Gasteiger partial charge in [0.05, 0.1) is 6.42 Å². The number of rotatable bonds is 6. The third-order valence-corrected chi connectivity index (χ3v) is 2.35. The molecule has 0 aliphatic carbocycles. The molecule has 0 rings (SSSR count). The normalized spacial score (nSPS) is 14.9. The third-order valence-electron chi connectivity index (χ3n) is 2.35. The molecule has 2 atom stereocenters. The van der Waals surface area contributed by atoms with Crippen molar-refractivity contribution in [1.82, 2.24) is 5.32 Å². The van der Waals surface area contributed by atoms with E-state index in [4.69, 9.17) is 15.6 Å². The summed E-state index contributed by atoms with van der Waals surface area (Å²) in [6.07, 6.45) is -0.153. The first kappa shape index (κ1) is 17.7. The van der Waals surface area contributed by atoms with Gasteiger partial charge in [0.15, 0.2) is 0 Å². The van der Waals surface area contributed by atoms with E-state index in [9.17, 15) is 9.59 Å². The zero-order valence-electron chi connectivity index (χ0n) is 12.4. The summed E-state index contributed by atoms with van der Waals surface area (Å²) in [4.78, 5) is 22.4. The van der Waals surface area contributed by atoms with Gasteiger partial charge in [-0.05, 0) is 33.1 Å². The van der Waals surface area contributed by atoms with Gasteiger partial charge in [-0.3, -0.25) is 4.79 Å². The fraction of sp³-hybridized carbons (Fsp3) is 0.846. The van der Waals surface area contributed by atoms with E-state index in [2.05, 4.69) is 5.32 Å². The summed E-state index contributed by atoms with van der Waals surface area (Å²) in [6.45, 7) is 9.26. The van der Waals surface area contributed by atoms with Crippen LogP contribution in [0.15, 0.2) is 0 Å². The van der Waals surface area contributed by atoms with Crippen molar-refractivity contribution in [1.29, 1.82) is 0 Å². The number of alkyl carbamates (subject to hydrolysis) is 1. The van der Waals surface area contributed by atoms with Gasteiger partial charge < -0.3 is 20.9 Å². The van der Waals surface area contributed by atoms with E-state index in [1.807, 2.05) is 13.8 Å². The lowest BCUT2D eigenvalue weighted by molar-refractivity contribution is -0.137. The maximum atomic E-state index is 11.7. The van der Waals surface area contributed by atoms with Gasteiger partial charge >= 0.3 is 12.1 Å². The number of carbonyl (C=O) groups is 2. The minimum absolute atomic E-state index is 0.187. The minimum Gasteiger partial charge on any atom is -0.481 e. The molecule has 0 fully saturated rings. The fourth-order valence-electron chi connectivity index (χ4n) is 1.65. The average Bonchev–Trinajstić information content (AvgIpc) is 2.11. The number of amides is 1. The van der Waals surface area contributed by atoms with Gasteiger partial charge in [0.1, 0.15) is 5.60 Å². The van der Waals surface area contributed by atoms with Gasteiger partial charge in [-0.1, -0.05) is 13.8 Å². The van der Waals surface area contributed by atoms with Crippen LogP contribution in [0.1, 0.15) is 47.5 Å². The Morgan fingerprint density at radius 2 is 1.84 bits per heavy atom. The molecule has 1 amide bonds. The predicted octanol–water partition coefficient (Wildman–Crippen LogP) is 1.73. The predicted molar refractivity (Wildman–Crippen MR) is 72.8 cm³/mol. The summed E-state index contributed by atoms with van der Waals surface area (Å²) in [5.41, 5.74) is 5.23. The molecule has 0 aromatic rings. The molecule has 0 bridgehead atoms. The first-order valence-electron chi connectivity index (χ1n) is 6.48. The van der Waals surface area contributed by atoms with Gasteiger partial charge in [-0.15, -0.1) is 0 Å². The van der Waals surface area contributed by atoms with E-state index in [1.54, 1.807) is 20.8 Å². The molecule has 0 aliphatic rings. The van der Waals surface area contributed by atoms with E-state index in [-0.39, 0.29) is 6.42 Å². The quantitative estimate of drug-likeness (QED) is 0.684. The Kier molecular flexibility index (Phi) is 6.83. The first-order valence-corrected chi connectivity index (χ1v) is 6.48. The van der Waals surface area contributed by atoms with E-state index >= 15 is 0 Å². The molecule has 0 saturated heterocycles. The molecular weight excluding hydrogens is 248 g/mol. The molecule has 0 spiro atoms. The van der Waals surface area contributed by atoms with Crippen LogP contribution >= 0.6 is 0 Å². The number of aliphatic carboxylic acids is 1. The minimum atomic E-state index is -0.979. The number of carbonyl (C=O) groups excluding carboxylic acids is 1. The van der Waals surface area contributed by atoms with Crippen molar-refractivity contribution in [3.63, 3.8) is 0 Å². The number of hydrogen-bond donors (Lipinski definition) is 3. The molecule has 0 aliphatic heterocycles. The van der Waals surface area contributed by atoms with E-state index in [0.717, 1.165) is 0 Å². The number of hydrogen-bond acceptors (Lipinski definition) is 4. The van der Waals surface area contributed by atoms with Gasteiger partial charge in [0.25, 0.3) is 0 Å². The van der Waals surface area contributed by atoms with Crippen molar-refractivity contribution in [2.45, 2.75) is 65.1 Å². The highest BCUT2D eigenvalue weighted by Crippen LogP contribution is 2.12. The Morgan fingerprint density at radius 1 is 1.32 bits per heavy atom. The molecule has 0 aromatic heterocycles. The molecule has 112 valence electrons. The van der Waals surface area contributed by atoms with E-state index in [0.29, 0.717) is 12.3 Å². The maximum absolute atomic E-state index is 11.7. The van der Waals surface area contributed by atoms with Crippen molar-refractivity contribution in [2.24, 2.45) is 11.7 Å². The standard InChI is InChI=1S/C13H26N2O4/c1-8(2)6-10(9(14)7-11(16)17)15-12(18)19-13(3,4)5/h8-10H,6-7,14H2,1-5H3,(H,15,18)(H,16,17)/t9-,10-/m0/s1. The molecule has 6 heteroatoms. The van der Waals surface area contributed by atoms with Crippen molar-refractivity contribution in [2.75, 3.05) is 0 Å². The molecule has 0 heterocycles. The van der Waals surface area contributed by atoms with Crippen LogP contribution in [0.4, 0.5) is 4.79 Å². The summed E-state index contributed by atoms with van der Waals surface area (Å²) in [6, 6.07) is -1.04. The lowest BCUT2D eigenvalue weighted by atomic mass is 9.96. The smallest absolute Gasteiger partial charge is 0.407 e. The monoisotopic (exact) mass is 274 g/mol. The van der Waals surface area contributed by atoms with Crippen molar-refractivity contribution >= 4 is 12.1 Å². The Hall–Kier alpha value is -1.30. The molecule has 4 N–H and O–H groups in total. The summed E-state index contributed by atoms with van der Waals surface area (Å²) >= 11 is 0. The topological polar surface area (TPSA) is 102 Å². The van der Waals surface area contributed by atoms with Crippen LogP contribution in [0.2, 0.25) is 0 Å². The average molecular weight is 274 g/mol. The van der Waals surface area contributed by atoms with Gasteiger partial charge in [0.2, 0.25) is 0 Å². The highest BCUT2D eigenvalue weighted by Gasteiger charge is 2.25. The van der Waals surface area contributed by atoms with Crippen LogP contribution in [0, 0.1) is 5.92 Å². The van der Waals surface area contributed by atoms with Crippen LogP contribution in [0.3, 0.4) is 0 Å². The second kappa shape index (κ2) is 7.33. The number of nitrogens with one attached hydrogen (secondary N) is 1. The summed E-state index contributed by atoms with van der Waals surface area (Å²) in [7, 11) is 0. The Bertz CT molecular complexity index is 310. The molecule has 0 radical (unpaired) electrons. The van der Waals surface area contributed by atoms with Crippen molar-refractivity contribution < 1.29 is 19.4 Å². The Morgan fingerprint density at radius 3 is 2.21 bits per heavy atom. The lowest BCUT2D eigenvalue weighted by Gasteiger charge is -2.27.